The Bertz CT molecular complexity index is 759. The maximum absolute atomic E-state index is 14.0. The minimum Gasteiger partial charge on any atom is -0.206 e. The third kappa shape index (κ3) is 1.55. The topological polar surface area (TPSA) is 25.8 Å². The predicted octanol–water partition coefficient (Wildman–Crippen LogP) is 4.68. The molecule has 1 saturated carbocycles. The maximum Gasteiger partial charge on any atom is 0.132 e. The average Bonchev–Trinajstić information content (AvgIpc) is 2.89. The molecule has 4 heteroatoms. The molecule has 1 heterocycles. The van der Waals surface area contributed by atoms with E-state index in [0.29, 0.717) is 23.1 Å². The van der Waals surface area contributed by atoms with Gasteiger partial charge in [-0.2, -0.15) is 10.2 Å². The van der Waals surface area contributed by atoms with Crippen molar-refractivity contribution in [2.75, 3.05) is 5.88 Å². The van der Waals surface area contributed by atoms with Crippen molar-refractivity contribution in [2.45, 2.75) is 38.0 Å². The summed E-state index contributed by atoms with van der Waals surface area (Å²) in [6.07, 6.45) is 2.18. The van der Waals surface area contributed by atoms with Gasteiger partial charge in [0.05, 0.1) is 11.4 Å². The average molecular weight is 317 g/mol. The number of nitrogens with zero attached hydrogens (tertiary/aromatic N) is 2. The van der Waals surface area contributed by atoms with E-state index in [1.807, 2.05) is 12.1 Å². The van der Waals surface area contributed by atoms with Gasteiger partial charge in [0.1, 0.15) is 5.82 Å². The highest BCUT2D eigenvalue weighted by atomic mass is 35.5. The highest BCUT2D eigenvalue weighted by molar-refractivity contribution is 6.19. The van der Waals surface area contributed by atoms with E-state index in [1.165, 1.54) is 11.6 Å². The molecule has 0 amide bonds. The highest BCUT2D eigenvalue weighted by Gasteiger charge is 2.62. The Hall–Kier alpha value is -1.48. The number of rotatable bonds is 2. The van der Waals surface area contributed by atoms with E-state index in [-0.39, 0.29) is 16.6 Å². The summed E-state index contributed by atoms with van der Waals surface area (Å²) in [6, 6.07) is 8.75. The summed E-state index contributed by atoms with van der Waals surface area (Å²) >= 11 is 6.36. The van der Waals surface area contributed by atoms with Crippen LogP contribution in [0.5, 0.6) is 0 Å². The van der Waals surface area contributed by atoms with Crippen LogP contribution in [0, 0.1) is 11.2 Å². The van der Waals surface area contributed by atoms with Crippen LogP contribution < -0.4 is 0 Å². The Labute approximate surface area is 134 Å². The minimum atomic E-state index is -0.258. The van der Waals surface area contributed by atoms with Crippen molar-refractivity contribution >= 4 is 11.6 Å². The van der Waals surface area contributed by atoms with E-state index in [9.17, 15) is 4.39 Å². The monoisotopic (exact) mass is 316 g/mol. The molecule has 1 aromatic carbocycles. The molecule has 0 N–H and O–H groups in total. The summed E-state index contributed by atoms with van der Waals surface area (Å²) in [6.45, 7) is 4.55. The van der Waals surface area contributed by atoms with Crippen molar-refractivity contribution in [1.82, 2.24) is 10.2 Å². The Kier molecular flexibility index (Phi) is 2.90. The first-order valence-corrected chi connectivity index (χ1v) is 8.24. The molecule has 0 radical (unpaired) electrons. The molecule has 4 rings (SSSR count). The highest BCUT2D eigenvalue weighted by Crippen LogP contribution is 2.67. The summed E-state index contributed by atoms with van der Waals surface area (Å²) in [5, 5.41) is 8.81. The van der Waals surface area contributed by atoms with Crippen LogP contribution in [0.3, 0.4) is 0 Å². The molecular formula is C18H18ClFN2. The quantitative estimate of drug-likeness (QED) is 0.752. The fourth-order valence-corrected chi connectivity index (χ4v) is 5.13. The van der Waals surface area contributed by atoms with Gasteiger partial charge in [-0.3, -0.25) is 0 Å². The Balaban J connectivity index is 1.90. The van der Waals surface area contributed by atoms with E-state index in [4.69, 9.17) is 11.6 Å². The third-order valence-electron chi connectivity index (χ3n) is 5.99. The lowest BCUT2D eigenvalue weighted by atomic mass is 9.70. The molecule has 2 nitrogen and oxygen atoms in total. The van der Waals surface area contributed by atoms with Gasteiger partial charge in [0.25, 0.3) is 0 Å². The number of fused-ring (bicyclic) bond motifs is 5. The number of benzene rings is 1. The molecule has 1 unspecified atom stereocenters. The first kappa shape index (κ1) is 14.1. The van der Waals surface area contributed by atoms with Gasteiger partial charge in [0, 0.05) is 16.9 Å². The first-order valence-electron chi connectivity index (χ1n) is 7.70. The second-order valence-corrected chi connectivity index (χ2v) is 7.31. The molecule has 0 aliphatic heterocycles. The molecule has 114 valence electrons. The fourth-order valence-electron chi connectivity index (χ4n) is 4.52. The van der Waals surface area contributed by atoms with Crippen LogP contribution >= 0.6 is 11.6 Å². The van der Waals surface area contributed by atoms with E-state index in [1.54, 1.807) is 12.1 Å². The zero-order valence-corrected chi connectivity index (χ0v) is 13.5. The number of hydrogen-bond donors (Lipinski definition) is 0. The molecule has 1 fully saturated rings. The number of hydrogen-bond acceptors (Lipinski definition) is 2. The molecule has 2 aliphatic carbocycles. The zero-order chi connectivity index (χ0) is 15.5. The van der Waals surface area contributed by atoms with E-state index < -0.39 is 0 Å². The lowest BCUT2D eigenvalue weighted by Gasteiger charge is -2.35. The zero-order valence-electron chi connectivity index (χ0n) is 12.7. The second kappa shape index (κ2) is 4.51. The lowest BCUT2D eigenvalue weighted by molar-refractivity contribution is 0.230. The van der Waals surface area contributed by atoms with Crippen molar-refractivity contribution in [3.05, 3.63) is 47.4 Å². The van der Waals surface area contributed by atoms with Crippen LogP contribution in [0.15, 0.2) is 30.3 Å². The number of alkyl halides is 1. The number of aromatic nitrogens is 2. The third-order valence-corrected chi connectivity index (χ3v) is 6.45. The van der Waals surface area contributed by atoms with Crippen molar-refractivity contribution < 1.29 is 4.39 Å². The molecule has 1 aromatic heterocycles. The van der Waals surface area contributed by atoms with Crippen molar-refractivity contribution in [2.24, 2.45) is 5.41 Å². The molecular weight excluding hydrogens is 299 g/mol. The van der Waals surface area contributed by atoms with Crippen molar-refractivity contribution in [3.8, 4) is 11.3 Å². The minimum absolute atomic E-state index is 0.0830. The molecule has 22 heavy (non-hydrogen) atoms. The summed E-state index contributed by atoms with van der Waals surface area (Å²) in [5.41, 5.74) is 3.37. The smallest absolute Gasteiger partial charge is 0.132 e. The van der Waals surface area contributed by atoms with Gasteiger partial charge in [-0.15, -0.1) is 11.6 Å². The lowest BCUT2D eigenvalue weighted by Crippen LogP contribution is -2.37. The summed E-state index contributed by atoms with van der Waals surface area (Å²) < 4.78 is 14.0. The van der Waals surface area contributed by atoms with Gasteiger partial charge in [-0.1, -0.05) is 26.0 Å². The molecule has 0 saturated heterocycles. The van der Waals surface area contributed by atoms with Crippen molar-refractivity contribution in [1.29, 1.82) is 0 Å². The summed E-state index contributed by atoms with van der Waals surface area (Å²) in [4.78, 5) is 0. The van der Waals surface area contributed by atoms with Crippen LogP contribution in [0.25, 0.3) is 11.3 Å². The molecule has 2 aliphatic rings. The van der Waals surface area contributed by atoms with E-state index in [0.717, 1.165) is 18.5 Å². The van der Waals surface area contributed by atoms with Crippen LogP contribution in [0.4, 0.5) is 4.39 Å². The molecule has 0 spiro atoms. The maximum atomic E-state index is 14.0. The van der Waals surface area contributed by atoms with Crippen LogP contribution in [-0.2, 0) is 5.41 Å². The normalized spacial score (nSPS) is 27.9. The van der Waals surface area contributed by atoms with Gasteiger partial charge in [-0.25, -0.2) is 4.39 Å². The first-order chi connectivity index (χ1) is 10.5. The second-order valence-electron chi connectivity index (χ2n) is 7.04. The SMILES string of the molecule is CC1(C)[C@@H]2CCC1(CCl)c1nnc(-c3ccccc3F)cc12. The Morgan fingerprint density at radius 1 is 1.27 bits per heavy atom. The van der Waals surface area contributed by atoms with Gasteiger partial charge >= 0.3 is 0 Å². The van der Waals surface area contributed by atoms with Crippen LogP contribution in [0.1, 0.15) is 43.9 Å². The van der Waals surface area contributed by atoms with Crippen molar-refractivity contribution in [3.63, 3.8) is 0 Å². The van der Waals surface area contributed by atoms with Gasteiger partial charge in [0.15, 0.2) is 0 Å². The van der Waals surface area contributed by atoms with E-state index in [2.05, 4.69) is 24.0 Å². The van der Waals surface area contributed by atoms with Crippen LogP contribution in [0.2, 0.25) is 0 Å². The number of halogens is 2. The molecule has 2 bridgehead atoms. The van der Waals surface area contributed by atoms with E-state index >= 15 is 0 Å². The molecule has 2 aromatic rings. The predicted molar refractivity (Wildman–Crippen MR) is 85.6 cm³/mol. The Morgan fingerprint density at radius 2 is 2.05 bits per heavy atom. The fraction of sp³-hybridized carbons (Fsp3) is 0.444. The Morgan fingerprint density at radius 3 is 2.77 bits per heavy atom. The van der Waals surface area contributed by atoms with Gasteiger partial charge < -0.3 is 0 Å². The largest absolute Gasteiger partial charge is 0.206 e. The summed E-state index contributed by atoms with van der Waals surface area (Å²) in [5.74, 6) is 0.741. The standard InChI is InChI=1S/C18H18ClFN2/c1-17(2)13-7-8-18(17,10-19)16-12(13)9-15(21-22-16)11-5-3-4-6-14(11)20/h3-6,9,13H,7-8,10H2,1-2H3/t13-,18?/m1/s1. The van der Waals surface area contributed by atoms with Crippen LogP contribution in [-0.4, -0.2) is 16.1 Å². The van der Waals surface area contributed by atoms with Gasteiger partial charge in [-0.05, 0) is 47.9 Å². The summed E-state index contributed by atoms with van der Waals surface area (Å²) in [7, 11) is 0. The van der Waals surface area contributed by atoms with Gasteiger partial charge in [0.2, 0.25) is 0 Å². The molecule has 2 atom stereocenters.